The molecule has 0 radical (unpaired) electrons. The number of nitrogens with one attached hydrogen (secondary N) is 1. The van der Waals surface area contributed by atoms with Gasteiger partial charge in [-0.1, -0.05) is 18.5 Å². The molecule has 1 fully saturated rings. The van der Waals surface area contributed by atoms with Crippen LogP contribution in [0.15, 0.2) is 18.3 Å². The van der Waals surface area contributed by atoms with Gasteiger partial charge in [-0.15, -0.1) is 0 Å². The molecule has 0 bridgehead atoms. The van der Waals surface area contributed by atoms with Crippen molar-refractivity contribution in [2.45, 2.75) is 31.7 Å². The van der Waals surface area contributed by atoms with E-state index in [9.17, 15) is 4.79 Å². The maximum atomic E-state index is 11.0. The topological polar surface area (TPSA) is 91.2 Å². The Bertz CT molecular complexity index is 731. The molecule has 1 aliphatic heterocycles. The molecule has 2 N–H and O–H groups in total. The standard InChI is InChI=1S/C15H18ClN5O2/c1-2-15(20-14(22)23)5-7-21(8-6-15)12-9-17-13-10(18-12)3-4-11(16)19-13/h3-4,9,20H,2,5-8H2,1H3,(H,22,23). The van der Waals surface area contributed by atoms with E-state index in [0.717, 1.165) is 38.2 Å². The van der Waals surface area contributed by atoms with Gasteiger partial charge in [0, 0.05) is 18.6 Å². The van der Waals surface area contributed by atoms with E-state index in [1.165, 1.54) is 0 Å². The summed E-state index contributed by atoms with van der Waals surface area (Å²) in [6.45, 7) is 3.47. The third-order valence-corrected chi connectivity index (χ3v) is 4.66. The molecule has 122 valence electrons. The monoisotopic (exact) mass is 335 g/mol. The number of fused-ring (bicyclic) bond motifs is 1. The lowest BCUT2D eigenvalue weighted by atomic mass is 9.85. The van der Waals surface area contributed by atoms with Crippen molar-refractivity contribution < 1.29 is 9.90 Å². The number of hydrogen-bond acceptors (Lipinski definition) is 5. The maximum Gasteiger partial charge on any atom is 0.405 e. The van der Waals surface area contributed by atoms with Gasteiger partial charge in [0.1, 0.15) is 16.5 Å². The van der Waals surface area contributed by atoms with Crippen LogP contribution in [0.5, 0.6) is 0 Å². The van der Waals surface area contributed by atoms with Crippen LogP contribution in [-0.2, 0) is 0 Å². The van der Waals surface area contributed by atoms with Crippen molar-refractivity contribution in [1.82, 2.24) is 20.3 Å². The molecule has 3 rings (SSSR count). The average Bonchev–Trinajstić information content (AvgIpc) is 2.54. The van der Waals surface area contributed by atoms with Gasteiger partial charge in [-0.3, -0.25) is 0 Å². The second kappa shape index (κ2) is 6.16. The molecule has 3 heterocycles. The van der Waals surface area contributed by atoms with Gasteiger partial charge in [-0.2, -0.15) is 0 Å². The Morgan fingerprint density at radius 1 is 1.39 bits per heavy atom. The minimum atomic E-state index is -0.964. The Morgan fingerprint density at radius 2 is 2.13 bits per heavy atom. The highest BCUT2D eigenvalue weighted by Gasteiger charge is 2.34. The first-order valence-electron chi connectivity index (χ1n) is 7.57. The van der Waals surface area contributed by atoms with E-state index in [1.54, 1.807) is 18.3 Å². The lowest BCUT2D eigenvalue weighted by Crippen LogP contribution is -2.54. The minimum absolute atomic E-state index is 0.346. The van der Waals surface area contributed by atoms with E-state index in [1.807, 2.05) is 6.92 Å². The van der Waals surface area contributed by atoms with Crippen LogP contribution in [0.25, 0.3) is 11.2 Å². The van der Waals surface area contributed by atoms with Gasteiger partial charge in [-0.25, -0.2) is 19.7 Å². The molecule has 0 aromatic carbocycles. The van der Waals surface area contributed by atoms with Gasteiger partial charge in [0.2, 0.25) is 0 Å². The van der Waals surface area contributed by atoms with Gasteiger partial charge in [-0.05, 0) is 31.4 Å². The quantitative estimate of drug-likeness (QED) is 0.838. The summed E-state index contributed by atoms with van der Waals surface area (Å²) < 4.78 is 0. The Hall–Kier alpha value is -2.15. The average molecular weight is 336 g/mol. The third kappa shape index (κ3) is 3.29. The van der Waals surface area contributed by atoms with Crippen molar-refractivity contribution in [3.8, 4) is 0 Å². The number of piperidine rings is 1. The number of hydrogen-bond donors (Lipinski definition) is 2. The van der Waals surface area contributed by atoms with Crippen LogP contribution in [0.2, 0.25) is 5.15 Å². The SMILES string of the molecule is CCC1(NC(=O)O)CCN(c2cnc3nc(Cl)ccc3n2)CC1. The van der Waals surface area contributed by atoms with Crippen LogP contribution in [0.3, 0.4) is 0 Å². The lowest BCUT2D eigenvalue weighted by molar-refractivity contribution is 0.166. The molecule has 1 aliphatic rings. The van der Waals surface area contributed by atoms with E-state index in [4.69, 9.17) is 16.7 Å². The number of nitrogens with zero attached hydrogens (tertiary/aromatic N) is 4. The third-order valence-electron chi connectivity index (χ3n) is 4.45. The largest absolute Gasteiger partial charge is 0.465 e. The highest BCUT2D eigenvalue weighted by molar-refractivity contribution is 6.29. The molecule has 1 amide bonds. The zero-order chi connectivity index (χ0) is 16.4. The Balaban J connectivity index is 1.77. The summed E-state index contributed by atoms with van der Waals surface area (Å²) >= 11 is 5.85. The highest BCUT2D eigenvalue weighted by atomic mass is 35.5. The molecule has 0 saturated carbocycles. The molecule has 23 heavy (non-hydrogen) atoms. The van der Waals surface area contributed by atoms with Crippen LogP contribution < -0.4 is 10.2 Å². The van der Waals surface area contributed by atoms with E-state index in [2.05, 4.69) is 25.2 Å². The summed E-state index contributed by atoms with van der Waals surface area (Å²) in [5.41, 5.74) is 0.874. The van der Waals surface area contributed by atoms with Crippen molar-refractivity contribution in [1.29, 1.82) is 0 Å². The highest BCUT2D eigenvalue weighted by Crippen LogP contribution is 2.28. The normalized spacial score (nSPS) is 17.2. The van der Waals surface area contributed by atoms with Gasteiger partial charge in [0.15, 0.2) is 5.65 Å². The van der Waals surface area contributed by atoms with E-state index in [0.29, 0.717) is 16.3 Å². The predicted molar refractivity (Wildman–Crippen MR) is 88.0 cm³/mol. The molecule has 0 atom stereocenters. The van der Waals surface area contributed by atoms with Gasteiger partial charge < -0.3 is 15.3 Å². The second-order valence-corrected chi connectivity index (χ2v) is 6.14. The molecule has 0 aliphatic carbocycles. The molecule has 2 aromatic heterocycles. The fourth-order valence-electron chi connectivity index (χ4n) is 2.98. The molecule has 8 heteroatoms. The van der Waals surface area contributed by atoms with Crippen LogP contribution in [-0.4, -0.2) is 44.8 Å². The number of amides is 1. The van der Waals surface area contributed by atoms with Crippen LogP contribution in [0.4, 0.5) is 10.6 Å². The number of anilines is 1. The smallest absolute Gasteiger partial charge is 0.405 e. The molecule has 0 spiro atoms. The van der Waals surface area contributed by atoms with Crippen LogP contribution in [0.1, 0.15) is 26.2 Å². The maximum absolute atomic E-state index is 11.0. The first-order chi connectivity index (χ1) is 11.0. The van der Waals surface area contributed by atoms with E-state index < -0.39 is 6.09 Å². The Labute approximate surface area is 138 Å². The molecule has 0 unspecified atom stereocenters. The molecular weight excluding hydrogens is 318 g/mol. The number of carbonyl (C=O) groups is 1. The molecule has 7 nitrogen and oxygen atoms in total. The van der Waals surface area contributed by atoms with Crippen LogP contribution >= 0.6 is 11.6 Å². The number of pyridine rings is 1. The summed E-state index contributed by atoms with van der Waals surface area (Å²) in [7, 11) is 0. The van der Waals surface area contributed by atoms with Crippen molar-refractivity contribution in [3.63, 3.8) is 0 Å². The fraction of sp³-hybridized carbons (Fsp3) is 0.467. The first kappa shape index (κ1) is 15.7. The van der Waals surface area contributed by atoms with Crippen molar-refractivity contribution in [2.24, 2.45) is 0 Å². The van der Waals surface area contributed by atoms with Crippen molar-refractivity contribution in [3.05, 3.63) is 23.5 Å². The van der Waals surface area contributed by atoms with E-state index in [-0.39, 0.29) is 5.54 Å². The van der Waals surface area contributed by atoms with E-state index >= 15 is 0 Å². The summed E-state index contributed by atoms with van der Waals surface area (Å²) in [5, 5.41) is 12.1. The molecular formula is C15H18ClN5O2. The number of halogens is 1. The first-order valence-corrected chi connectivity index (χ1v) is 7.94. The summed E-state index contributed by atoms with van der Waals surface area (Å²) in [6, 6.07) is 3.49. The number of rotatable bonds is 3. The van der Waals surface area contributed by atoms with Gasteiger partial charge in [0.25, 0.3) is 0 Å². The minimum Gasteiger partial charge on any atom is -0.465 e. The molecule has 2 aromatic rings. The number of aromatic nitrogens is 3. The van der Waals surface area contributed by atoms with Crippen LogP contribution in [0, 0.1) is 0 Å². The lowest BCUT2D eigenvalue weighted by Gasteiger charge is -2.41. The van der Waals surface area contributed by atoms with Gasteiger partial charge >= 0.3 is 6.09 Å². The fourth-order valence-corrected chi connectivity index (χ4v) is 3.12. The summed E-state index contributed by atoms with van der Waals surface area (Å²) in [6.07, 6.45) is 2.99. The predicted octanol–water partition coefficient (Wildman–Crippen LogP) is 2.69. The van der Waals surface area contributed by atoms with Crippen molar-refractivity contribution >= 4 is 34.7 Å². The number of carboxylic acid groups (broad SMARTS) is 1. The second-order valence-electron chi connectivity index (χ2n) is 5.76. The zero-order valence-corrected chi connectivity index (χ0v) is 13.5. The summed E-state index contributed by atoms with van der Waals surface area (Å²) in [4.78, 5) is 26.1. The van der Waals surface area contributed by atoms with Crippen molar-refractivity contribution in [2.75, 3.05) is 18.0 Å². The molecule has 1 saturated heterocycles. The zero-order valence-electron chi connectivity index (χ0n) is 12.8. The Kier molecular flexibility index (Phi) is 4.21. The van der Waals surface area contributed by atoms with Gasteiger partial charge in [0.05, 0.1) is 6.20 Å². The Morgan fingerprint density at radius 3 is 2.78 bits per heavy atom. The summed E-state index contributed by atoms with van der Waals surface area (Å²) in [5.74, 6) is 0.779.